The number of nitrogens with two attached hydrogens (primary N) is 1. The zero-order valence-electron chi connectivity index (χ0n) is 8.02. The molecule has 2 atom stereocenters. The molecule has 0 aromatic carbocycles. The summed E-state index contributed by atoms with van der Waals surface area (Å²) in [7, 11) is 0. The van der Waals surface area contributed by atoms with Crippen molar-refractivity contribution < 1.29 is 18.3 Å². The second kappa shape index (κ2) is 3.84. The summed E-state index contributed by atoms with van der Waals surface area (Å²) < 4.78 is 35.9. The van der Waals surface area contributed by atoms with Gasteiger partial charge in [0.1, 0.15) is 6.04 Å². The molecular formula is C8H16F3NO. The minimum Gasteiger partial charge on any atom is -0.393 e. The summed E-state index contributed by atoms with van der Waals surface area (Å²) in [5.74, 6) is 0. The molecule has 0 saturated carbocycles. The zero-order chi connectivity index (χ0) is 10.9. The van der Waals surface area contributed by atoms with Gasteiger partial charge in [-0.05, 0) is 11.8 Å². The van der Waals surface area contributed by atoms with Gasteiger partial charge in [-0.2, -0.15) is 13.2 Å². The molecular weight excluding hydrogens is 183 g/mol. The van der Waals surface area contributed by atoms with E-state index in [-0.39, 0.29) is 0 Å². The van der Waals surface area contributed by atoms with Crippen LogP contribution in [0.5, 0.6) is 0 Å². The summed E-state index contributed by atoms with van der Waals surface area (Å²) in [6, 6.07) is -1.94. The molecule has 0 aromatic rings. The first kappa shape index (κ1) is 12.7. The van der Waals surface area contributed by atoms with Crippen LogP contribution < -0.4 is 5.73 Å². The molecule has 0 aliphatic rings. The summed E-state index contributed by atoms with van der Waals surface area (Å²) in [4.78, 5) is 0. The van der Waals surface area contributed by atoms with Gasteiger partial charge in [0.15, 0.2) is 0 Å². The fourth-order valence-corrected chi connectivity index (χ4v) is 0.728. The Morgan fingerprint density at radius 3 is 1.85 bits per heavy atom. The number of aliphatic hydroxyl groups is 1. The van der Waals surface area contributed by atoms with Crippen molar-refractivity contribution in [2.24, 2.45) is 11.1 Å². The Hall–Kier alpha value is -0.290. The van der Waals surface area contributed by atoms with Crippen LogP contribution in [0.4, 0.5) is 13.2 Å². The first-order chi connectivity index (χ1) is 5.55. The Kier molecular flexibility index (Phi) is 3.75. The van der Waals surface area contributed by atoms with Crippen LogP contribution in [0, 0.1) is 5.41 Å². The lowest BCUT2D eigenvalue weighted by atomic mass is 9.85. The van der Waals surface area contributed by atoms with Gasteiger partial charge in [0.05, 0.1) is 6.10 Å². The van der Waals surface area contributed by atoms with Crippen molar-refractivity contribution in [3.63, 3.8) is 0 Å². The Balaban J connectivity index is 4.15. The Bertz CT molecular complexity index is 144. The van der Waals surface area contributed by atoms with E-state index < -0.39 is 30.2 Å². The van der Waals surface area contributed by atoms with Gasteiger partial charge in [-0.3, -0.25) is 0 Å². The normalized spacial score (nSPS) is 18.5. The van der Waals surface area contributed by atoms with E-state index in [1.54, 1.807) is 20.8 Å². The summed E-state index contributed by atoms with van der Waals surface area (Å²) in [6.07, 6.45) is -5.91. The first-order valence-corrected chi connectivity index (χ1v) is 4.05. The average molecular weight is 199 g/mol. The monoisotopic (exact) mass is 199 g/mol. The van der Waals surface area contributed by atoms with Gasteiger partial charge in [0.25, 0.3) is 0 Å². The fraction of sp³-hybridized carbons (Fsp3) is 1.00. The number of halogens is 3. The number of hydrogen-bond donors (Lipinski definition) is 2. The smallest absolute Gasteiger partial charge is 0.393 e. The van der Waals surface area contributed by atoms with Gasteiger partial charge in [0.2, 0.25) is 0 Å². The Morgan fingerprint density at radius 2 is 1.62 bits per heavy atom. The Morgan fingerprint density at radius 1 is 1.23 bits per heavy atom. The fourth-order valence-electron chi connectivity index (χ4n) is 0.728. The van der Waals surface area contributed by atoms with Crippen LogP contribution in [-0.4, -0.2) is 23.4 Å². The van der Waals surface area contributed by atoms with E-state index in [1.807, 2.05) is 0 Å². The minimum absolute atomic E-state index is 0.451. The van der Waals surface area contributed by atoms with Gasteiger partial charge >= 0.3 is 6.18 Å². The molecule has 13 heavy (non-hydrogen) atoms. The molecule has 0 amide bonds. The van der Waals surface area contributed by atoms with Crippen LogP contribution in [0.2, 0.25) is 0 Å². The molecule has 0 spiro atoms. The van der Waals surface area contributed by atoms with E-state index in [2.05, 4.69) is 0 Å². The van der Waals surface area contributed by atoms with Gasteiger partial charge in [-0.25, -0.2) is 0 Å². The van der Waals surface area contributed by atoms with E-state index in [0.29, 0.717) is 0 Å². The summed E-state index contributed by atoms with van der Waals surface area (Å²) >= 11 is 0. The first-order valence-electron chi connectivity index (χ1n) is 4.05. The molecule has 0 aliphatic carbocycles. The number of rotatable bonds is 2. The predicted molar refractivity (Wildman–Crippen MR) is 44.1 cm³/mol. The number of hydrogen-bond acceptors (Lipinski definition) is 2. The van der Waals surface area contributed by atoms with Gasteiger partial charge in [-0.15, -0.1) is 0 Å². The van der Waals surface area contributed by atoms with Crippen molar-refractivity contribution in [1.29, 1.82) is 0 Å². The maximum absolute atomic E-state index is 12.0. The van der Waals surface area contributed by atoms with Crippen molar-refractivity contribution in [2.75, 3.05) is 0 Å². The lowest BCUT2D eigenvalue weighted by molar-refractivity contribution is -0.156. The summed E-state index contributed by atoms with van der Waals surface area (Å²) in [5, 5.41) is 9.34. The molecule has 1 unspecified atom stereocenters. The third-order valence-electron chi connectivity index (χ3n) is 1.90. The van der Waals surface area contributed by atoms with E-state index >= 15 is 0 Å². The number of aliphatic hydroxyl groups excluding tert-OH is 1. The van der Waals surface area contributed by atoms with Crippen LogP contribution in [0.3, 0.4) is 0 Å². The van der Waals surface area contributed by atoms with Crippen molar-refractivity contribution >= 4 is 0 Å². The maximum atomic E-state index is 12.0. The molecule has 0 aliphatic heterocycles. The van der Waals surface area contributed by atoms with Crippen LogP contribution in [0.1, 0.15) is 27.2 Å². The van der Waals surface area contributed by atoms with Crippen molar-refractivity contribution in [1.82, 2.24) is 0 Å². The molecule has 3 N–H and O–H groups in total. The highest BCUT2D eigenvalue weighted by Crippen LogP contribution is 2.27. The van der Waals surface area contributed by atoms with E-state index in [9.17, 15) is 18.3 Å². The number of alkyl halides is 3. The van der Waals surface area contributed by atoms with E-state index in [4.69, 9.17) is 5.73 Å². The second-order valence-electron chi connectivity index (χ2n) is 4.27. The van der Waals surface area contributed by atoms with Crippen molar-refractivity contribution in [3.8, 4) is 0 Å². The highest BCUT2D eigenvalue weighted by atomic mass is 19.4. The molecule has 0 saturated heterocycles. The van der Waals surface area contributed by atoms with Crippen LogP contribution in [0.15, 0.2) is 0 Å². The average Bonchev–Trinajstić information content (AvgIpc) is 1.82. The van der Waals surface area contributed by atoms with Crippen LogP contribution in [0.25, 0.3) is 0 Å². The zero-order valence-corrected chi connectivity index (χ0v) is 8.02. The molecule has 0 rings (SSSR count). The van der Waals surface area contributed by atoms with Crippen molar-refractivity contribution in [2.45, 2.75) is 45.5 Å². The Labute approximate surface area is 75.9 Å². The van der Waals surface area contributed by atoms with Gasteiger partial charge < -0.3 is 10.8 Å². The van der Waals surface area contributed by atoms with Crippen LogP contribution >= 0.6 is 0 Å². The predicted octanol–water partition coefficient (Wildman–Crippen LogP) is 1.67. The standard InChI is InChI=1S/C8H16F3NO/c1-7(2,3)6(13)4-5(12)8(9,10)11/h5-6,13H,4,12H2,1-3H3/t5-,6?/m1/s1. The lowest BCUT2D eigenvalue weighted by Gasteiger charge is -2.28. The highest BCUT2D eigenvalue weighted by molar-refractivity contribution is 4.80. The molecule has 0 fully saturated rings. The molecule has 80 valence electrons. The molecule has 0 aromatic heterocycles. The molecule has 0 bridgehead atoms. The SMILES string of the molecule is CC(C)(C)C(O)C[C@@H](N)C(F)(F)F. The minimum atomic E-state index is -4.42. The molecule has 0 radical (unpaired) electrons. The maximum Gasteiger partial charge on any atom is 0.403 e. The van der Waals surface area contributed by atoms with Gasteiger partial charge in [0, 0.05) is 0 Å². The topological polar surface area (TPSA) is 46.2 Å². The van der Waals surface area contributed by atoms with Gasteiger partial charge in [-0.1, -0.05) is 20.8 Å². The largest absolute Gasteiger partial charge is 0.403 e. The quantitative estimate of drug-likeness (QED) is 0.710. The molecule has 5 heteroatoms. The van der Waals surface area contributed by atoms with E-state index in [1.165, 1.54) is 0 Å². The van der Waals surface area contributed by atoms with Crippen LogP contribution in [-0.2, 0) is 0 Å². The summed E-state index contributed by atoms with van der Waals surface area (Å²) in [6.45, 7) is 5.00. The van der Waals surface area contributed by atoms with E-state index in [0.717, 1.165) is 0 Å². The van der Waals surface area contributed by atoms with Crippen molar-refractivity contribution in [3.05, 3.63) is 0 Å². The molecule has 0 heterocycles. The second-order valence-corrected chi connectivity index (χ2v) is 4.27. The lowest BCUT2D eigenvalue weighted by Crippen LogP contribution is -2.43. The third-order valence-corrected chi connectivity index (χ3v) is 1.90. The highest BCUT2D eigenvalue weighted by Gasteiger charge is 2.39. The third kappa shape index (κ3) is 4.47. The molecule has 2 nitrogen and oxygen atoms in total. The summed E-state index contributed by atoms with van der Waals surface area (Å²) in [5.41, 5.74) is 4.30.